The molecule has 0 amide bonds. The molecule has 2 aromatic rings. The van der Waals surface area contributed by atoms with Crippen molar-refractivity contribution in [2.75, 3.05) is 27.1 Å². The van der Waals surface area contributed by atoms with Crippen LogP contribution in [0.1, 0.15) is 11.1 Å². The molecule has 0 spiro atoms. The van der Waals surface area contributed by atoms with Crippen LogP contribution in [0.3, 0.4) is 0 Å². The van der Waals surface area contributed by atoms with E-state index in [2.05, 4.69) is 0 Å². The van der Waals surface area contributed by atoms with Crippen LogP contribution in [-0.2, 0) is 19.4 Å². The Morgan fingerprint density at radius 2 is 1.77 bits per heavy atom. The van der Waals surface area contributed by atoms with E-state index in [4.69, 9.17) is 21.1 Å². The SMILES string of the molecule is COC/C(=C(\C=O)c1ccc(OC)cc1)c1ccc(S(C)(=O)=O)cc1Cl. The fourth-order valence-electron chi connectivity index (χ4n) is 2.50. The van der Waals surface area contributed by atoms with E-state index in [-0.39, 0.29) is 16.5 Å². The molecule has 0 atom stereocenters. The molecule has 0 heterocycles. The molecule has 0 aromatic heterocycles. The molecule has 5 nitrogen and oxygen atoms in total. The Morgan fingerprint density at radius 3 is 2.23 bits per heavy atom. The zero-order chi connectivity index (χ0) is 19.3. The molecule has 0 aliphatic heterocycles. The molecule has 2 aromatic carbocycles. The Labute approximate surface area is 158 Å². The van der Waals surface area contributed by atoms with Crippen molar-refractivity contribution < 1.29 is 22.7 Å². The van der Waals surface area contributed by atoms with Gasteiger partial charge < -0.3 is 9.47 Å². The van der Waals surface area contributed by atoms with Crippen molar-refractivity contribution in [2.24, 2.45) is 0 Å². The van der Waals surface area contributed by atoms with Crippen molar-refractivity contribution >= 4 is 38.9 Å². The molecule has 26 heavy (non-hydrogen) atoms. The molecule has 0 saturated heterocycles. The van der Waals surface area contributed by atoms with Gasteiger partial charge in [0.2, 0.25) is 0 Å². The highest BCUT2D eigenvalue weighted by Crippen LogP contribution is 2.32. The summed E-state index contributed by atoms with van der Waals surface area (Å²) in [5.41, 5.74) is 2.19. The molecule has 0 fully saturated rings. The number of methoxy groups -OCH3 is 2. The summed E-state index contributed by atoms with van der Waals surface area (Å²) in [5.74, 6) is 0.669. The second kappa shape index (κ2) is 8.49. The van der Waals surface area contributed by atoms with Crippen LogP contribution in [0.15, 0.2) is 47.4 Å². The van der Waals surface area contributed by atoms with Crippen LogP contribution in [0.2, 0.25) is 5.02 Å². The summed E-state index contributed by atoms with van der Waals surface area (Å²) in [6, 6.07) is 11.4. The van der Waals surface area contributed by atoms with E-state index in [0.717, 1.165) is 12.5 Å². The number of carbonyl (C=O) groups is 1. The van der Waals surface area contributed by atoms with Gasteiger partial charge >= 0.3 is 0 Å². The number of aldehydes is 1. The lowest BCUT2D eigenvalue weighted by molar-refractivity contribution is -0.103. The van der Waals surface area contributed by atoms with E-state index >= 15 is 0 Å². The summed E-state index contributed by atoms with van der Waals surface area (Å²) < 4.78 is 33.8. The monoisotopic (exact) mass is 394 g/mol. The zero-order valence-corrected chi connectivity index (χ0v) is 16.2. The molecule has 0 aliphatic carbocycles. The van der Waals surface area contributed by atoms with Gasteiger partial charge in [-0.2, -0.15) is 0 Å². The molecule has 0 unspecified atom stereocenters. The van der Waals surface area contributed by atoms with Gasteiger partial charge in [0.25, 0.3) is 0 Å². The maximum atomic E-state index is 11.8. The highest BCUT2D eigenvalue weighted by molar-refractivity contribution is 7.90. The summed E-state index contributed by atoms with van der Waals surface area (Å²) in [4.78, 5) is 11.9. The van der Waals surface area contributed by atoms with Gasteiger partial charge in [-0.25, -0.2) is 8.42 Å². The minimum absolute atomic E-state index is 0.111. The lowest BCUT2D eigenvalue weighted by atomic mass is 9.95. The van der Waals surface area contributed by atoms with Crippen LogP contribution in [0.5, 0.6) is 5.75 Å². The topological polar surface area (TPSA) is 69.7 Å². The molecule has 2 rings (SSSR count). The Hall–Kier alpha value is -2.15. The predicted octanol–water partition coefficient (Wildman–Crippen LogP) is 3.51. The van der Waals surface area contributed by atoms with Crippen molar-refractivity contribution in [2.45, 2.75) is 4.90 Å². The van der Waals surface area contributed by atoms with E-state index in [9.17, 15) is 13.2 Å². The van der Waals surface area contributed by atoms with Crippen LogP contribution < -0.4 is 4.74 Å². The van der Waals surface area contributed by atoms with Crippen LogP contribution >= 0.6 is 11.6 Å². The Morgan fingerprint density at radius 1 is 1.12 bits per heavy atom. The minimum Gasteiger partial charge on any atom is -0.497 e. The lowest BCUT2D eigenvalue weighted by Crippen LogP contribution is -2.03. The number of sulfone groups is 1. The Kier molecular flexibility index (Phi) is 6.58. The van der Waals surface area contributed by atoms with Crippen LogP contribution in [0.4, 0.5) is 0 Å². The minimum atomic E-state index is -3.38. The standard InChI is InChI=1S/C19H19ClO5S/c1-24-12-18(16-9-8-15(10-19(16)20)26(3,22)23)17(11-21)13-4-6-14(25-2)7-5-13/h4-11H,12H2,1-3H3/b18-17-. The van der Waals surface area contributed by atoms with Crippen molar-refractivity contribution in [1.82, 2.24) is 0 Å². The molecule has 0 aliphatic rings. The van der Waals surface area contributed by atoms with E-state index < -0.39 is 9.84 Å². The molecular weight excluding hydrogens is 376 g/mol. The highest BCUT2D eigenvalue weighted by atomic mass is 35.5. The zero-order valence-electron chi connectivity index (χ0n) is 14.7. The summed E-state index contributed by atoms with van der Waals surface area (Å²) in [6.07, 6.45) is 1.84. The van der Waals surface area contributed by atoms with Crippen LogP contribution in [-0.4, -0.2) is 41.8 Å². The van der Waals surface area contributed by atoms with Gasteiger partial charge in [-0.15, -0.1) is 0 Å². The number of benzene rings is 2. The third kappa shape index (κ3) is 4.52. The summed E-state index contributed by atoms with van der Waals surface area (Å²) in [5, 5.41) is 0.229. The fraction of sp³-hybridized carbons (Fsp3) is 0.211. The maximum absolute atomic E-state index is 11.8. The number of ether oxygens (including phenoxy) is 2. The van der Waals surface area contributed by atoms with Gasteiger partial charge in [0.05, 0.1) is 18.6 Å². The average molecular weight is 395 g/mol. The molecule has 0 saturated carbocycles. The lowest BCUT2D eigenvalue weighted by Gasteiger charge is -2.14. The largest absolute Gasteiger partial charge is 0.497 e. The first-order chi connectivity index (χ1) is 12.3. The van der Waals surface area contributed by atoms with Gasteiger partial charge in [0.15, 0.2) is 16.1 Å². The average Bonchev–Trinajstić information content (AvgIpc) is 2.61. The molecule has 0 bridgehead atoms. The smallest absolute Gasteiger partial charge is 0.175 e. The van der Waals surface area contributed by atoms with Crippen molar-refractivity contribution in [3.63, 3.8) is 0 Å². The van der Waals surface area contributed by atoms with Gasteiger partial charge in [-0.05, 0) is 41.0 Å². The Balaban J connectivity index is 2.64. The summed E-state index contributed by atoms with van der Waals surface area (Å²) in [6.45, 7) is 0.137. The number of allylic oxidation sites excluding steroid dienone is 1. The van der Waals surface area contributed by atoms with E-state index in [0.29, 0.717) is 28.0 Å². The third-order valence-corrected chi connectivity index (χ3v) is 5.25. The quantitative estimate of drug-likeness (QED) is 0.408. The number of hydrogen-bond donors (Lipinski definition) is 0. The normalized spacial score (nSPS) is 12.5. The molecule has 138 valence electrons. The fourth-order valence-corrected chi connectivity index (χ4v) is 3.51. The van der Waals surface area contributed by atoms with E-state index in [1.807, 2.05) is 0 Å². The Bertz CT molecular complexity index is 931. The van der Waals surface area contributed by atoms with Gasteiger partial charge in [0.1, 0.15) is 5.75 Å². The number of carbonyl (C=O) groups excluding carboxylic acids is 1. The number of rotatable bonds is 7. The van der Waals surface area contributed by atoms with E-state index in [1.54, 1.807) is 37.4 Å². The first-order valence-corrected chi connectivity index (χ1v) is 9.90. The van der Waals surface area contributed by atoms with Crippen molar-refractivity contribution in [3.8, 4) is 5.75 Å². The molecule has 0 radical (unpaired) electrons. The molecule has 7 heteroatoms. The van der Waals surface area contributed by atoms with Crippen molar-refractivity contribution in [3.05, 3.63) is 58.6 Å². The van der Waals surface area contributed by atoms with E-state index in [1.165, 1.54) is 19.2 Å². The second-order valence-electron chi connectivity index (χ2n) is 5.59. The molecular formula is C19H19ClO5S. The van der Waals surface area contributed by atoms with Gasteiger partial charge in [0, 0.05) is 24.0 Å². The van der Waals surface area contributed by atoms with Gasteiger partial charge in [-0.1, -0.05) is 29.8 Å². The van der Waals surface area contributed by atoms with Crippen LogP contribution in [0.25, 0.3) is 11.1 Å². The van der Waals surface area contributed by atoms with Crippen LogP contribution in [0, 0.1) is 0 Å². The number of halogens is 1. The van der Waals surface area contributed by atoms with Gasteiger partial charge in [-0.3, -0.25) is 4.79 Å². The summed E-state index contributed by atoms with van der Waals surface area (Å²) in [7, 11) is -0.311. The third-order valence-electron chi connectivity index (χ3n) is 3.83. The first kappa shape index (κ1) is 20.2. The summed E-state index contributed by atoms with van der Waals surface area (Å²) >= 11 is 6.31. The predicted molar refractivity (Wildman–Crippen MR) is 102 cm³/mol. The second-order valence-corrected chi connectivity index (χ2v) is 8.01. The molecule has 0 N–H and O–H groups in total. The highest BCUT2D eigenvalue weighted by Gasteiger charge is 2.17. The van der Waals surface area contributed by atoms with Crippen molar-refractivity contribution in [1.29, 1.82) is 0 Å². The maximum Gasteiger partial charge on any atom is 0.175 e. The first-order valence-electron chi connectivity index (χ1n) is 7.63. The number of hydrogen-bond acceptors (Lipinski definition) is 5.